The topological polar surface area (TPSA) is 8.17 Å². The predicted molar refractivity (Wildman–Crippen MR) is 262 cm³/mol. The molecular formula is C60H52N2. The molecule has 62 heavy (non-hydrogen) atoms. The highest BCUT2D eigenvalue weighted by atomic mass is 15.1. The van der Waals surface area contributed by atoms with Crippen LogP contribution in [0.1, 0.15) is 93.5 Å². The van der Waals surface area contributed by atoms with Crippen LogP contribution in [0.15, 0.2) is 176 Å². The fourth-order valence-electron chi connectivity index (χ4n) is 11.8. The van der Waals surface area contributed by atoms with Crippen molar-refractivity contribution in [2.24, 2.45) is 0 Å². The highest BCUT2D eigenvalue weighted by molar-refractivity contribution is 6.10. The fourth-order valence-corrected chi connectivity index (χ4v) is 11.8. The number of rotatable bonds is 6. The predicted octanol–water partition coefficient (Wildman–Crippen LogP) is 16.6. The Morgan fingerprint density at radius 1 is 0.435 bits per heavy atom. The number of fused-ring (bicyclic) bond motifs is 9. The second kappa shape index (κ2) is 13.9. The molecular weight excluding hydrogens is 749 g/mol. The van der Waals surface area contributed by atoms with Crippen molar-refractivity contribution in [3.05, 3.63) is 204 Å². The van der Waals surface area contributed by atoms with Gasteiger partial charge in [0, 0.05) is 44.4 Å². The zero-order valence-electron chi connectivity index (χ0n) is 36.3. The van der Waals surface area contributed by atoms with E-state index < -0.39 is 0 Å². The highest BCUT2D eigenvalue weighted by Gasteiger charge is 2.39. The van der Waals surface area contributed by atoms with Crippen molar-refractivity contribution < 1.29 is 0 Å². The smallest absolute Gasteiger partial charge is 0.0561 e. The molecule has 1 heterocycles. The number of hydrogen-bond acceptors (Lipinski definition) is 1. The first kappa shape index (κ1) is 37.1. The van der Waals surface area contributed by atoms with Crippen LogP contribution in [0.4, 0.5) is 17.1 Å². The van der Waals surface area contributed by atoms with Crippen molar-refractivity contribution in [2.75, 3.05) is 4.90 Å². The van der Waals surface area contributed by atoms with Crippen molar-refractivity contribution in [1.29, 1.82) is 0 Å². The SMILES string of the molecule is CC1(C)c2ccccc2-c2ccc(-c3cccc4c3-c3ccc(N(c5ccc(C6CCCCC6)cc5)c5ccc6c7ccccc7n(-c7ccccc7)c6c5)cc3C4(C)C)cc21. The summed E-state index contributed by atoms with van der Waals surface area (Å²) in [5, 5.41) is 2.53. The Morgan fingerprint density at radius 3 is 1.89 bits per heavy atom. The number of anilines is 3. The van der Waals surface area contributed by atoms with E-state index in [2.05, 4.69) is 213 Å². The van der Waals surface area contributed by atoms with E-state index in [1.54, 1.807) is 0 Å². The second-order valence-corrected chi connectivity index (χ2v) is 19.2. The van der Waals surface area contributed by atoms with Crippen LogP contribution >= 0.6 is 0 Å². The Labute approximate surface area is 366 Å². The summed E-state index contributed by atoms with van der Waals surface area (Å²) in [4.78, 5) is 2.50. The van der Waals surface area contributed by atoms with Gasteiger partial charge in [-0.1, -0.05) is 162 Å². The molecule has 0 N–H and O–H groups in total. The average molecular weight is 801 g/mol. The van der Waals surface area contributed by atoms with Gasteiger partial charge in [-0.3, -0.25) is 0 Å². The van der Waals surface area contributed by atoms with Crippen LogP contribution in [-0.2, 0) is 10.8 Å². The standard InChI is InChI=1S/C60H52N2/c1-59(2)52-23-13-11-20-47(52)48-33-28-41(36-54(48)59)46-22-15-24-53-58(46)51-35-32-44(37-55(51)60(53,3)4)61(43-29-26-40(27-30-43)39-16-7-5-8-17-39)45-31-34-50-49-21-12-14-25-56(49)62(57(50)38-45)42-18-9-6-10-19-42/h6,9-15,18-39H,5,7-8,16-17H2,1-4H3. The van der Waals surface area contributed by atoms with E-state index in [1.807, 2.05) is 0 Å². The fraction of sp³-hybridized carbons (Fsp3) is 0.200. The molecule has 3 aliphatic carbocycles. The zero-order chi connectivity index (χ0) is 41.7. The quantitative estimate of drug-likeness (QED) is 0.163. The van der Waals surface area contributed by atoms with Crippen molar-refractivity contribution in [3.63, 3.8) is 0 Å². The molecule has 0 atom stereocenters. The molecule has 1 aromatic heterocycles. The summed E-state index contributed by atoms with van der Waals surface area (Å²) in [5.41, 5.74) is 22.0. The molecule has 2 heteroatoms. The van der Waals surface area contributed by atoms with Crippen LogP contribution in [0.25, 0.3) is 60.9 Å². The van der Waals surface area contributed by atoms with Gasteiger partial charge in [-0.15, -0.1) is 0 Å². The van der Waals surface area contributed by atoms with E-state index in [4.69, 9.17) is 0 Å². The highest BCUT2D eigenvalue weighted by Crippen LogP contribution is 2.55. The number of nitrogens with zero attached hydrogens (tertiary/aromatic N) is 2. The third kappa shape index (κ3) is 5.55. The molecule has 2 nitrogen and oxygen atoms in total. The third-order valence-corrected chi connectivity index (χ3v) is 15.0. The van der Waals surface area contributed by atoms with Gasteiger partial charge < -0.3 is 9.47 Å². The van der Waals surface area contributed by atoms with E-state index in [0.29, 0.717) is 5.92 Å². The van der Waals surface area contributed by atoms with Crippen LogP contribution in [0, 0.1) is 0 Å². The molecule has 3 aliphatic rings. The summed E-state index contributed by atoms with van der Waals surface area (Å²) in [7, 11) is 0. The van der Waals surface area contributed by atoms with Crippen LogP contribution < -0.4 is 4.90 Å². The molecule has 1 fully saturated rings. The minimum atomic E-state index is -0.191. The first-order chi connectivity index (χ1) is 30.3. The van der Waals surface area contributed by atoms with Gasteiger partial charge in [-0.05, 0) is 141 Å². The third-order valence-electron chi connectivity index (χ3n) is 15.0. The van der Waals surface area contributed by atoms with Crippen molar-refractivity contribution in [2.45, 2.75) is 76.5 Å². The van der Waals surface area contributed by atoms with E-state index >= 15 is 0 Å². The second-order valence-electron chi connectivity index (χ2n) is 19.2. The maximum absolute atomic E-state index is 2.50. The van der Waals surface area contributed by atoms with Crippen molar-refractivity contribution in [1.82, 2.24) is 4.57 Å². The minimum absolute atomic E-state index is 0.0531. The van der Waals surface area contributed by atoms with Gasteiger partial charge in [0.25, 0.3) is 0 Å². The van der Waals surface area contributed by atoms with Gasteiger partial charge in [-0.2, -0.15) is 0 Å². The Bertz CT molecular complexity index is 3210. The number of aromatic nitrogens is 1. The lowest BCUT2D eigenvalue weighted by Crippen LogP contribution is -2.16. The Morgan fingerprint density at radius 2 is 1.05 bits per heavy atom. The van der Waals surface area contributed by atoms with E-state index in [0.717, 1.165) is 5.69 Å². The number of benzene rings is 8. The van der Waals surface area contributed by atoms with Gasteiger partial charge in [0.1, 0.15) is 0 Å². The molecule has 302 valence electrons. The van der Waals surface area contributed by atoms with Gasteiger partial charge in [0.05, 0.1) is 11.0 Å². The summed E-state index contributed by atoms with van der Waals surface area (Å²) in [6.45, 7) is 9.60. The molecule has 0 saturated heterocycles. The summed E-state index contributed by atoms with van der Waals surface area (Å²) >= 11 is 0. The molecule has 8 aromatic carbocycles. The maximum atomic E-state index is 2.50. The van der Waals surface area contributed by atoms with Crippen LogP contribution in [0.3, 0.4) is 0 Å². The van der Waals surface area contributed by atoms with E-state index in [-0.39, 0.29) is 10.8 Å². The minimum Gasteiger partial charge on any atom is -0.310 e. The van der Waals surface area contributed by atoms with Crippen LogP contribution in [-0.4, -0.2) is 4.57 Å². The first-order valence-electron chi connectivity index (χ1n) is 22.8. The molecule has 12 rings (SSSR count). The number of para-hydroxylation sites is 2. The van der Waals surface area contributed by atoms with Gasteiger partial charge in [0.2, 0.25) is 0 Å². The summed E-state index contributed by atoms with van der Waals surface area (Å²) in [6.07, 6.45) is 6.63. The molecule has 0 unspecified atom stereocenters. The molecule has 0 spiro atoms. The summed E-state index contributed by atoms with van der Waals surface area (Å²) < 4.78 is 2.43. The molecule has 0 aliphatic heterocycles. The van der Waals surface area contributed by atoms with Gasteiger partial charge in [0.15, 0.2) is 0 Å². The first-order valence-corrected chi connectivity index (χ1v) is 22.8. The number of hydrogen-bond donors (Lipinski definition) is 0. The lowest BCUT2D eigenvalue weighted by atomic mass is 9.80. The summed E-state index contributed by atoms with van der Waals surface area (Å²) in [5.74, 6) is 0.657. The van der Waals surface area contributed by atoms with Crippen molar-refractivity contribution in [3.8, 4) is 39.1 Å². The normalized spacial score (nSPS) is 15.9. The molecule has 1 saturated carbocycles. The van der Waals surface area contributed by atoms with Crippen LogP contribution in [0.2, 0.25) is 0 Å². The Kier molecular flexibility index (Phi) is 8.35. The molecule has 0 amide bonds. The van der Waals surface area contributed by atoms with Gasteiger partial charge in [-0.25, -0.2) is 0 Å². The lowest BCUT2D eigenvalue weighted by Gasteiger charge is -2.29. The van der Waals surface area contributed by atoms with E-state index in [1.165, 1.54) is 132 Å². The Hall–Kier alpha value is -6.64. The molecule has 0 bridgehead atoms. The van der Waals surface area contributed by atoms with Crippen molar-refractivity contribution >= 4 is 38.9 Å². The molecule has 0 radical (unpaired) electrons. The summed E-state index contributed by atoms with van der Waals surface area (Å²) in [6, 6.07) is 66.7. The maximum Gasteiger partial charge on any atom is 0.0561 e. The monoisotopic (exact) mass is 800 g/mol. The Balaban J connectivity index is 1.02. The zero-order valence-corrected chi connectivity index (χ0v) is 36.3. The van der Waals surface area contributed by atoms with Gasteiger partial charge >= 0.3 is 0 Å². The largest absolute Gasteiger partial charge is 0.310 e. The lowest BCUT2D eigenvalue weighted by molar-refractivity contribution is 0.443. The molecule has 9 aromatic rings. The average Bonchev–Trinajstić information content (AvgIpc) is 3.86. The van der Waals surface area contributed by atoms with Crippen LogP contribution in [0.5, 0.6) is 0 Å². The van der Waals surface area contributed by atoms with E-state index in [9.17, 15) is 0 Å².